The third kappa shape index (κ3) is 7.07. The molecule has 0 bridgehead atoms. The zero-order valence-electron chi connectivity index (χ0n) is 21.0. The first-order valence-corrected chi connectivity index (χ1v) is 12.6. The summed E-state index contributed by atoms with van der Waals surface area (Å²) >= 11 is 6.32. The molecule has 1 aromatic heterocycles. The van der Waals surface area contributed by atoms with Crippen molar-refractivity contribution < 1.29 is 19.1 Å². The first-order chi connectivity index (χ1) is 17.9. The van der Waals surface area contributed by atoms with Crippen LogP contribution in [0.3, 0.4) is 0 Å². The van der Waals surface area contributed by atoms with Crippen molar-refractivity contribution in [1.29, 1.82) is 0 Å². The van der Waals surface area contributed by atoms with Crippen LogP contribution in [-0.4, -0.2) is 72.5 Å². The van der Waals surface area contributed by atoms with Crippen LogP contribution >= 0.6 is 11.6 Å². The molecule has 1 aliphatic rings. The number of aromatic nitrogens is 1. The lowest BCUT2D eigenvalue weighted by Gasteiger charge is -2.34. The number of carbonyl (C=O) groups is 2. The van der Waals surface area contributed by atoms with E-state index < -0.39 is 11.9 Å². The van der Waals surface area contributed by atoms with E-state index in [9.17, 15) is 9.59 Å². The molecule has 37 heavy (non-hydrogen) atoms. The van der Waals surface area contributed by atoms with Crippen molar-refractivity contribution >= 4 is 23.4 Å². The predicted octanol–water partition coefficient (Wildman–Crippen LogP) is 3.92. The summed E-state index contributed by atoms with van der Waals surface area (Å²) in [7, 11) is 2.02. The Labute approximate surface area is 222 Å². The van der Waals surface area contributed by atoms with E-state index >= 15 is 0 Å². The molecule has 3 aromatic rings. The molecular formula is C28H31ClN4O4. The SMILES string of the molecule is Cc1cccc(Cl)c1Oc1ncccc1C(=O)N[C@H](COCc1ccccc1)C(=O)N1CCN(C)CC1. The van der Waals surface area contributed by atoms with Crippen LogP contribution in [0.1, 0.15) is 21.5 Å². The first kappa shape index (κ1) is 26.6. The summed E-state index contributed by atoms with van der Waals surface area (Å²) in [6.45, 7) is 4.95. The molecule has 1 atom stereocenters. The highest BCUT2D eigenvalue weighted by Crippen LogP contribution is 2.33. The molecule has 194 valence electrons. The molecule has 1 saturated heterocycles. The highest BCUT2D eigenvalue weighted by atomic mass is 35.5. The lowest BCUT2D eigenvalue weighted by Crippen LogP contribution is -2.55. The van der Waals surface area contributed by atoms with Gasteiger partial charge in [0.2, 0.25) is 11.8 Å². The number of benzene rings is 2. The number of rotatable bonds is 9. The normalized spacial score (nSPS) is 14.7. The van der Waals surface area contributed by atoms with E-state index in [2.05, 4.69) is 15.2 Å². The summed E-state index contributed by atoms with van der Waals surface area (Å²) in [5.41, 5.74) is 1.99. The van der Waals surface area contributed by atoms with Crippen molar-refractivity contribution in [2.24, 2.45) is 0 Å². The van der Waals surface area contributed by atoms with Gasteiger partial charge in [0.25, 0.3) is 5.91 Å². The van der Waals surface area contributed by atoms with E-state index in [1.165, 1.54) is 6.20 Å². The Hall–Kier alpha value is -3.46. The van der Waals surface area contributed by atoms with Crippen molar-refractivity contribution in [3.63, 3.8) is 0 Å². The molecule has 0 saturated carbocycles. The average molecular weight is 523 g/mol. The van der Waals surface area contributed by atoms with E-state index in [4.69, 9.17) is 21.1 Å². The summed E-state index contributed by atoms with van der Waals surface area (Å²) in [6, 6.07) is 17.5. The Morgan fingerprint density at radius 2 is 1.78 bits per heavy atom. The van der Waals surface area contributed by atoms with Crippen LogP contribution in [0.15, 0.2) is 66.9 Å². The van der Waals surface area contributed by atoms with Gasteiger partial charge in [0.1, 0.15) is 11.6 Å². The topological polar surface area (TPSA) is 84.0 Å². The van der Waals surface area contributed by atoms with Crippen LogP contribution < -0.4 is 10.1 Å². The van der Waals surface area contributed by atoms with Gasteiger partial charge in [-0.05, 0) is 43.3 Å². The minimum atomic E-state index is -0.866. The number of likely N-dealkylation sites (N-methyl/N-ethyl adjacent to an activating group) is 1. The summed E-state index contributed by atoms with van der Waals surface area (Å²) < 4.78 is 11.8. The molecular weight excluding hydrogens is 492 g/mol. The maximum Gasteiger partial charge on any atom is 0.257 e. The Kier molecular flexibility index (Phi) is 9.11. The number of carbonyl (C=O) groups excluding carboxylic acids is 2. The van der Waals surface area contributed by atoms with E-state index in [1.54, 1.807) is 23.1 Å². The van der Waals surface area contributed by atoms with E-state index in [-0.39, 0.29) is 24.0 Å². The number of hydrogen-bond acceptors (Lipinski definition) is 6. The average Bonchev–Trinajstić information content (AvgIpc) is 2.91. The van der Waals surface area contributed by atoms with Gasteiger partial charge in [-0.15, -0.1) is 0 Å². The van der Waals surface area contributed by atoms with Crippen LogP contribution in [0.5, 0.6) is 11.6 Å². The minimum absolute atomic E-state index is 0.0336. The van der Waals surface area contributed by atoms with Gasteiger partial charge < -0.3 is 24.6 Å². The largest absolute Gasteiger partial charge is 0.436 e. The fraction of sp³-hybridized carbons (Fsp3) is 0.321. The number of aryl methyl sites for hydroxylation is 1. The van der Waals surface area contributed by atoms with Gasteiger partial charge in [0.05, 0.1) is 18.2 Å². The number of piperazine rings is 1. The summed E-state index contributed by atoms with van der Waals surface area (Å²) in [5, 5.41) is 3.27. The minimum Gasteiger partial charge on any atom is -0.436 e. The second-order valence-electron chi connectivity index (χ2n) is 9.00. The monoisotopic (exact) mass is 522 g/mol. The molecule has 8 nitrogen and oxygen atoms in total. The fourth-order valence-electron chi connectivity index (χ4n) is 4.01. The van der Waals surface area contributed by atoms with Crippen molar-refractivity contribution in [3.05, 3.63) is 88.6 Å². The van der Waals surface area contributed by atoms with Gasteiger partial charge in [-0.1, -0.05) is 54.1 Å². The molecule has 0 radical (unpaired) electrons. The third-order valence-corrected chi connectivity index (χ3v) is 6.49. The number of ether oxygens (including phenoxy) is 2. The highest BCUT2D eigenvalue weighted by Gasteiger charge is 2.29. The van der Waals surface area contributed by atoms with Gasteiger partial charge >= 0.3 is 0 Å². The number of halogens is 1. The summed E-state index contributed by atoms with van der Waals surface area (Å²) in [5.74, 6) is -0.133. The summed E-state index contributed by atoms with van der Waals surface area (Å²) in [6.07, 6.45) is 1.54. The van der Waals surface area contributed by atoms with Crippen molar-refractivity contribution in [2.75, 3.05) is 39.8 Å². The maximum absolute atomic E-state index is 13.4. The predicted molar refractivity (Wildman–Crippen MR) is 142 cm³/mol. The number of hydrogen-bond donors (Lipinski definition) is 1. The van der Waals surface area contributed by atoms with Crippen molar-refractivity contribution in [3.8, 4) is 11.6 Å². The molecule has 4 rings (SSSR count). The Balaban J connectivity index is 1.51. The smallest absolute Gasteiger partial charge is 0.257 e. The van der Waals surface area contributed by atoms with E-state index in [1.807, 2.05) is 56.4 Å². The quantitative estimate of drug-likeness (QED) is 0.458. The van der Waals surface area contributed by atoms with Gasteiger partial charge in [-0.3, -0.25) is 9.59 Å². The standard InChI is InChI=1S/C28H31ClN4O4/c1-20-8-6-12-23(29)25(20)37-27-22(11-7-13-30-27)26(34)31-24(19-36-18-21-9-4-3-5-10-21)28(35)33-16-14-32(2)15-17-33/h3-13,24H,14-19H2,1-2H3,(H,31,34)/t24-/m1/s1. The second kappa shape index (κ2) is 12.7. The van der Waals surface area contributed by atoms with Crippen LogP contribution in [0.4, 0.5) is 0 Å². The second-order valence-corrected chi connectivity index (χ2v) is 9.41. The first-order valence-electron chi connectivity index (χ1n) is 12.2. The van der Waals surface area contributed by atoms with Crippen molar-refractivity contribution in [2.45, 2.75) is 19.6 Å². The molecule has 0 aliphatic carbocycles. The zero-order valence-corrected chi connectivity index (χ0v) is 21.8. The Morgan fingerprint density at radius 3 is 2.51 bits per heavy atom. The van der Waals surface area contributed by atoms with Crippen LogP contribution in [0.25, 0.3) is 0 Å². The molecule has 2 amide bonds. The van der Waals surface area contributed by atoms with Crippen LogP contribution in [0.2, 0.25) is 5.02 Å². The number of pyridine rings is 1. The van der Waals surface area contributed by atoms with Crippen molar-refractivity contribution in [1.82, 2.24) is 20.1 Å². The van der Waals surface area contributed by atoms with Crippen LogP contribution in [0, 0.1) is 6.92 Å². The molecule has 9 heteroatoms. The molecule has 0 unspecified atom stereocenters. The van der Waals surface area contributed by atoms with Gasteiger partial charge in [-0.2, -0.15) is 0 Å². The van der Waals surface area contributed by atoms with E-state index in [0.29, 0.717) is 30.5 Å². The number of para-hydroxylation sites is 1. The fourth-order valence-corrected chi connectivity index (χ4v) is 4.27. The third-order valence-electron chi connectivity index (χ3n) is 6.19. The Bertz CT molecular complexity index is 1200. The lowest BCUT2D eigenvalue weighted by atomic mass is 10.2. The molecule has 2 heterocycles. The van der Waals surface area contributed by atoms with Gasteiger partial charge in [0, 0.05) is 32.4 Å². The molecule has 1 N–H and O–H groups in total. The van der Waals surface area contributed by atoms with Crippen LogP contribution in [-0.2, 0) is 16.1 Å². The molecule has 1 fully saturated rings. The van der Waals surface area contributed by atoms with E-state index in [0.717, 1.165) is 24.2 Å². The zero-order chi connectivity index (χ0) is 26.2. The summed E-state index contributed by atoms with van der Waals surface area (Å²) in [4.78, 5) is 35.0. The number of amides is 2. The van der Waals surface area contributed by atoms with Gasteiger partial charge in [-0.25, -0.2) is 4.98 Å². The number of nitrogens with one attached hydrogen (secondary N) is 1. The lowest BCUT2D eigenvalue weighted by molar-refractivity contribution is -0.136. The maximum atomic E-state index is 13.4. The Morgan fingerprint density at radius 1 is 1.03 bits per heavy atom. The molecule has 2 aromatic carbocycles. The van der Waals surface area contributed by atoms with Gasteiger partial charge in [0.15, 0.2) is 5.75 Å². The molecule has 1 aliphatic heterocycles. The highest BCUT2D eigenvalue weighted by molar-refractivity contribution is 6.32. The molecule has 0 spiro atoms. The number of nitrogens with zero attached hydrogens (tertiary/aromatic N) is 3.